The van der Waals surface area contributed by atoms with Crippen molar-refractivity contribution < 1.29 is 36.2 Å². The fourth-order valence-electron chi connectivity index (χ4n) is 3.92. The number of alkyl halides is 3. The van der Waals surface area contributed by atoms with E-state index < -0.39 is 45.6 Å². The van der Waals surface area contributed by atoms with Gasteiger partial charge in [0.05, 0.1) is 18.6 Å². The summed E-state index contributed by atoms with van der Waals surface area (Å²) >= 11 is 0. The lowest BCUT2D eigenvalue weighted by atomic mass is 9.91. The van der Waals surface area contributed by atoms with Gasteiger partial charge in [0, 0.05) is 37.5 Å². The minimum atomic E-state index is -4.78. The number of ether oxygens (including phenoxy) is 1. The molecule has 0 aliphatic heterocycles. The number of aromatic hydroxyl groups is 1. The van der Waals surface area contributed by atoms with Crippen LogP contribution in [0.4, 0.5) is 30.6 Å². The molecule has 1 aromatic heterocycles. The number of hydrogen-bond donors (Lipinski definition) is 5. The zero-order valence-corrected chi connectivity index (χ0v) is 21.0. The Hall–Kier alpha value is -3.17. The zero-order valence-electron chi connectivity index (χ0n) is 20.2. The topological polar surface area (TPSA) is 155 Å². The van der Waals surface area contributed by atoms with Gasteiger partial charge in [-0.25, -0.2) is 18.1 Å². The predicted molar refractivity (Wildman–Crippen MR) is 130 cm³/mol. The molecular weight excluding hydrogens is 517 g/mol. The minimum absolute atomic E-state index is 0.000568. The third kappa shape index (κ3) is 8.16. The molecule has 15 heteroatoms. The van der Waals surface area contributed by atoms with E-state index in [1.165, 1.54) is 25.3 Å². The van der Waals surface area contributed by atoms with Crippen molar-refractivity contribution >= 4 is 33.4 Å². The highest BCUT2D eigenvalue weighted by atomic mass is 32.2. The van der Waals surface area contributed by atoms with Crippen molar-refractivity contribution in [2.75, 3.05) is 37.2 Å². The third-order valence-electron chi connectivity index (χ3n) is 5.64. The number of carbonyl (C=O) groups excluding carboxylic acids is 1. The number of nitrogens with zero attached hydrogens (tertiary/aromatic N) is 2. The molecule has 1 saturated carbocycles. The van der Waals surface area contributed by atoms with Gasteiger partial charge in [0.2, 0.25) is 16.0 Å². The van der Waals surface area contributed by atoms with Crippen LogP contribution in [0.3, 0.4) is 0 Å². The number of nitrogens with one attached hydrogen (secondary N) is 4. The van der Waals surface area contributed by atoms with Crippen molar-refractivity contribution in [3.63, 3.8) is 0 Å². The smallest absolute Gasteiger partial charge is 0.421 e. The summed E-state index contributed by atoms with van der Waals surface area (Å²) in [6.07, 6.45) is -0.888. The molecule has 37 heavy (non-hydrogen) atoms. The first kappa shape index (κ1) is 28.4. The quantitative estimate of drug-likeness (QED) is 0.223. The second-order valence-corrected chi connectivity index (χ2v) is 10.4. The van der Waals surface area contributed by atoms with Crippen molar-refractivity contribution in [3.05, 3.63) is 35.5 Å². The molecule has 1 aromatic carbocycles. The third-order valence-corrected chi connectivity index (χ3v) is 6.38. The number of phenols is 1. The van der Waals surface area contributed by atoms with E-state index in [0.717, 1.165) is 12.7 Å². The maximum atomic E-state index is 13.7. The lowest BCUT2D eigenvalue weighted by molar-refractivity contribution is -0.137. The molecule has 1 amide bonds. The number of benzene rings is 1. The number of aromatic nitrogens is 2. The van der Waals surface area contributed by atoms with Crippen LogP contribution >= 0.6 is 0 Å². The van der Waals surface area contributed by atoms with Crippen molar-refractivity contribution in [1.82, 2.24) is 20.0 Å². The minimum Gasteiger partial charge on any atom is -0.506 e. The summed E-state index contributed by atoms with van der Waals surface area (Å²) in [6.45, 7) is 0.554. The molecule has 2 atom stereocenters. The summed E-state index contributed by atoms with van der Waals surface area (Å²) in [4.78, 5) is 20.0. The highest BCUT2D eigenvalue weighted by Gasteiger charge is 2.37. The number of phenolic OH excluding ortho intramolecular Hbond substituents is 1. The predicted octanol–water partition coefficient (Wildman–Crippen LogP) is 2.59. The van der Waals surface area contributed by atoms with Crippen LogP contribution in [0.2, 0.25) is 0 Å². The first-order chi connectivity index (χ1) is 17.4. The Morgan fingerprint density at radius 3 is 2.57 bits per heavy atom. The zero-order chi connectivity index (χ0) is 27.2. The van der Waals surface area contributed by atoms with E-state index in [1.807, 2.05) is 0 Å². The van der Waals surface area contributed by atoms with Crippen LogP contribution in [0.15, 0.2) is 24.4 Å². The largest absolute Gasteiger partial charge is 0.506 e. The molecule has 1 fully saturated rings. The summed E-state index contributed by atoms with van der Waals surface area (Å²) in [6, 6.07) is 2.67. The Morgan fingerprint density at radius 1 is 1.22 bits per heavy atom. The standard InChI is InChI=1S/C22H29F3N6O5S/c1-36-10-9-26-20(33)13-7-8-18(32)17(11-13)29-21-27-12-14(22(23,24)25)19(30-21)28-15-5-3-4-6-16(15)31-37(2,34)35/h7-8,11-12,15-16,31-32H,3-6,9-10H2,1-2H3,(H,26,33)(H2,27,28,29,30)/t15-,16-/m1/s1. The number of halogens is 3. The highest BCUT2D eigenvalue weighted by Crippen LogP contribution is 2.36. The molecule has 0 radical (unpaired) electrons. The molecule has 1 aliphatic carbocycles. The van der Waals surface area contributed by atoms with Gasteiger partial charge < -0.3 is 25.8 Å². The highest BCUT2D eigenvalue weighted by molar-refractivity contribution is 7.88. The summed E-state index contributed by atoms with van der Waals surface area (Å²) in [5.74, 6) is -1.54. The van der Waals surface area contributed by atoms with E-state index in [-0.39, 0.29) is 29.5 Å². The molecule has 2 aromatic rings. The summed E-state index contributed by atoms with van der Waals surface area (Å²) in [5.41, 5.74) is -0.949. The maximum Gasteiger partial charge on any atom is 0.421 e. The van der Waals surface area contributed by atoms with Gasteiger partial charge in [-0.05, 0) is 31.0 Å². The Kier molecular flexibility index (Phi) is 9.15. The lowest BCUT2D eigenvalue weighted by Gasteiger charge is -2.33. The Morgan fingerprint density at radius 2 is 1.92 bits per heavy atom. The average molecular weight is 547 g/mol. The molecule has 0 bridgehead atoms. The monoisotopic (exact) mass is 546 g/mol. The van der Waals surface area contributed by atoms with Crippen molar-refractivity contribution in [2.45, 2.75) is 43.9 Å². The molecule has 1 aliphatic rings. The Balaban J connectivity index is 1.88. The SMILES string of the molecule is COCCNC(=O)c1ccc(O)c(Nc2ncc(C(F)(F)F)c(N[C@@H]3CCCC[C@H]3NS(C)(=O)=O)n2)c1. The van der Waals surface area contributed by atoms with Crippen LogP contribution in [-0.4, -0.2) is 68.0 Å². The van der Waals surface area contributed by atoms with Crippen LogP contribution in [0.1, 0.15) is 41.6 Å². The Bertz CT molecular complexity index is 1210. The average Bonchev–Trinajstić information content (AvgIpc) is 2.80. The molecule has 204 valence electrons. The number of anilines is 3. The molecule has 1 heterocycles. The van der Waals surface area contributed by atoms with Gasteiger partial charge in [-0.1, -0.05) is 12.8 Å². The summed E-state index contributed by atoms with van der Waals surface area (Å²) < 4.78 is 72.0. The number of carbonyl (C=O) groups is 1. The van der Waals surface area contributed by atoms with Crippen molar-refractivity contribution in [2.24, 2.45) is 0 Å². The maximum absolute atomic E-state index is 13.7. The number of amides is 1. The van der Waals surface area contributed by atoms with Gasteiger partial charge in [-0.3, -0.25) is 4.79 Å². The molecule has 0 unspecified atom stereocenters. The normalized spacial score (nSPS) is 18.3. The van der Waals surface area contributed by atoms with Crippen LogP contribution in [-0.2, 0) is 20.9 Å². The first-order valence-corrected chi connectivity index (χ1v) is 13.3. The first-order valence-electron chi connectivity index (χ1n) is 11.4. The Labute approximate surface area is 212 Å². The molecular formula is C22H29F3N6O5S. The van der Waals surface area contributed by atoms with Crippen LogP contribution in [0.25, 0.3) is 0 Å². The number of sulfonamides is 1. The van der Waals surface area contributed by atoms with Gasteiger partial charge in [-0.2, -0.15) is 18.2 Å². The molecule has 11 nitrogen and oxygen atoms in total. The number of methoxy groups -OCH3 is 1. The second-order valence-electron chi connectivity index (χ2n) is 8.59. The second kappa shape index (κ2) is 11.9. The van der Waals surface area contributed by atoms with Crippen LogP contribution < -0.4 is 20.7 Å². The van der Waals surface area contributed by atoms with Crippen molar-refractivity contribution in [3.8, 4) is 5.75 Å². The van der Waals surface area contributed by atoms with E-state index in [4.69, 9.17) is 4.74 Å². The molecule has 3 rings (SSSR count). The number of hydrogen-bond acceptors (Lipinski definition) is 9. The molecule has 0 spiro atoms. The van der Waals surface area contributed by atoms with Gasteiger partial charge in [0.25, 0.3) is 5.91 Å². The van der Waals surface area contributed by atoms with Crippen molar-refractivity contribution in [1.29, 1.82) is 0 Å². The molecule has 5 N–H and O–H groups in total. The van der Waals surface area contributed by atoms with Gasteiger partial charge in [0.15, 0.2) is 0 Å². The van der Waals surface area contributed by atoms with E-state index in [1.54, 1.807) is 0 Å². The van der Waals surface area contributed by atoms with E-state index in [0.29, 0.717) is 32.1 Å². The summed E-state index contributed by atoms with van der Waals surface area (Å²) in [5, 5.41) is 18.2. The van der Waals surface area contributed by atoms with E-state index >= 15 is 0 Å². The number of rotatable bonds is 10. The van der Waals surface area contributed by atoms with Crippen LogP contribution in [0, 0.1) is 0 Å². The lowest BCUT2D eigenvalue weighted by Crippen LogP contribution is -2.48. The fraction of sp³-hybridized carbons (Fsp3) is 0.500. The fourth-order valence-corrected chi connectivity index (χ4v) is 4.75. The van der Waals surface area contributed by atoms with Gasteiger partial charge in [-0.15, -0.1) is 0 Å². The van der Waals surface area contributed by atoms with Gasteiger partial charge in [0.1, 0.15) is 17.1 Å². The van der Waals surface area contributed by atoms with E-state index in [2.05, 4.69) is 30.6 Å². The molecule has 0 saturated heterocycles. The van der Waals surface area contributed by atoms with Gasteiger partial charge >= 0.3 is 6.18 Å². The summed E-state index contributed by atoms with van der Waals surface area (Å²) in [7, 11) is -2.10. The van der Waals surface area contributed by atoms with Crippen LogP contribution in [0.5, 0.6) is 5.75 Å². The van der Waals surface area contributed by atoms with E-state index in [9.17, 15) is 31.5 Å².